The topological polar surface area (TPSA) is 38.7 Å². The van der Waals surface area contributed by atoms with Crippen molar-refractivity contribution in [1.82, 2.24) is 15.3 Å². The molecule has 2 N–H and O–H groups in total. The van der Waals surface area contributed by atoms with Crippen molar-refractivity contribution in [2.75, 3.05) is 13.1 Å². The molecule has 1 unspecified atom stereocenters. The van der Waals surface area contributed by atoms with E-state index < -0.39 is 0 Å². The molecule has 4 nitrogen and oxygen atoms in total. The van der Waals surface area contributed by atoms with Crippen molar-refractivity contribution in [3.63, 3.8) is 0 Å². The minimum atomic E-state index is -0.0241. The zero-order valence-corrected chi connectivity index (χ0v) is 10.3. The molecule has 0 bridgehead atoms. The molecule has 5 heteroatoms. The molecule has 90 valence electrons. The minimum Gasteiger partial charge on any atom is -0.508 e. The fourth-order valence-corrected chi connectivity index (χ4v) is 2.80. The number of nitrogens with zero attached hydrogens (tertiary/aromatic N) is 2. The van der Waals surface area contributed by atoms with Gasteiger partial charge in [0.15, 0.2) is 5.11 Å². The molecule has 1 aromatic rings. The van der Waals surface area contributed by atoms with E-state index in [-0.39, 0.29) is 6.17 Å². The average molecular weight is 249 g/mol. The summed E-state index contributed by atoms with van der Waals surface area (Å²) in [5.41, 5.74) is 0.888. The lowest BCUT2D eigenvalue weighted by Crippen LogP contribution is -2.44. The Hall–Kier alpha value is -1.33. The second kappa shape index (κ2) is 4.16. The molecular formula is C12H15N3OS. The van der Waals surface area contributed by atoms with Gasteiger partial charge in [-0.1, -0.05) is 18.2 Å². The van der Waals surface area contributed by atoms with Crippen molar-refractivity contribution in [1.29, 1.82) is 0 Å². The first-order chi connectivity index (χ1) is 8.27. The fraction of sp³-hybridized carbons (Fsp3) is 0.417. The number of phenolic OH excluding ortho intramolecular Hbond substituents is 1. The molecule has 1 aromatic carbocycles. The number of nitrogens with one attached hydrogen (secondary N) is 1. The Bertz CT molecular complexity index is 451. The van der Waals surface area contributed by atoms with Gasteiger partial charge < -0.3 is 10.4 Å². The van der Waals surface area contributed by atoms with Crippen LogP contribution in [0.1, 0.15) is 24.6 Å². The fourth-order valence-electron chi connectivity index (χ4n) is 2.49. The third-order valence-corrected chi connectivity index (χ3v) is 3.67. The Morgan fingerprint density at radius 1 is 1.24 bits per heavy atom. The van der Waals surface area contributed by atoms with Gasteiger partial charge in [0.05, 0.1) is 0 Å². The molecular weight excluding hydrogens is 234 g/mol. The molecule has 0 amide bonds. The Labute approximate surface area is 106 Å². The number of rotatable bonds is 1. The maximum absolute atomic E-state index is 9.92. The van der Waals surface area contributed by atoms with Crippen LogP contribution in [0.4, 0.5) is 0 Å². The second-order valence-corrected chi connectivity index (χ2v) is 4.79. The molecule has 0 spiro atoms. The summed E-state index contributed by atoms with van der Waals surface area (Å²) in [6.45, 7) is 1.95. The number of hydrogen-bond donors (Lipinski definition) is 2. The summed E-state index contributed by atoms with van der Waals surface area (Å²) in [5.74, 6) is 0.320. The first-order valence-corrected chi connectivity index (χ1v) is 6.30. The maximum Gasteiger partial charge on any atom is 0.185 e. The van der Waals surface area contributed by atoms with Crippen molar-refractivity contribution in [2.24, 2.45) is 0 Å². The number of fused-ring (bicyclic) bond motifs is 1. The van der Waals surface area contributed by atoms with Gasteiger partial charge in [0, 0.05) is 18.7 Å². The van der Waals surface area contributed by atoms with Crippen LogP contribution in [0.15, 0.2) is 24.3 Å². The monoisotopic (exact) mass is 249 g/mol. The van der Waals surface area contributed by atoms with Gasteiger partial charge in [-0.2, -0.15) is 5.01 Å². The molecule has 1 atom stereocenters. The van der Waals surface area contributed by atoms with Crippen LogP contribution in [-0.2, 0) is 0 Å². The van der Waals surface area contributed by atoms with E-state index in [2.05, 4.69) is 15.3 Å². The maximum atomic E-state index is 9.92. The minimum absolute atomic E-state index is 0.0241. The van der Waals surface area contributed by atoms with Crippen molar-refractivity contribution in [2.45, 2.75) is 19.0 Å². The number of para-hydroxylation sites is 1. The molecule has 2 aliphatic rings. The molecule has 0 aromatic heterocycles. The van der Waals surface area contributed by atoms with E-state index in [1.54, 1.807) is 6.07 Å². The zero-order valence-electron chi connectivity index (χ0n) is 9.47. The van der Waals surface area contributed by atoms with E-state index in [0.29, 0.717) is 5.75 Å². The third-order valence-electron chi connectivity index (χ3n) is 3.34. The number of hydrogen-bond acceptors (Lipinski definition) is 3. The van der Waals surface area contributed by atoms with Crippen LogP contribution < -0.4 is 5.32 Å². The SMILES string of the molecule is Oc1ccccc1C1NC(=S)N2CCCCN12. The van der Waals surface area contributed by atoms with Crippen LogP contribution in [0.3, 0.4) is 0 Å². The summed E-state index contributed by atoms with van der Waals surface area (Å²) in [5, 5.41) is 18.3. The standard InChI is InChI=1S/C12H15N3OS/c16-10-6-2-1-5-9(10)11-13-12(17)15-8-4-3-7-14(11)15/h1-2,5-6,11,16H,3-4,7-8H2,(H,13,17). The molecule has 0 aliphatic carbocycles. The number of thiocarbonyl (C=S) groups is 1. The van der Waals surface area contributed by atoms with Crippen LogP contribution in [-0.4, -0.2) is 33.3 Å². The van der Waals surface area contributed by atoms with Gasteiger partial charge in [-0.05, 0) is 31.1 Å². The summed E-state index contributed by atoms with van der Waals surface area (Å²) >= 11 is 5.33. The van der Waals surface area contributed by atoms with E-state index in [9.17, 15) is 5.11 Å². The van der Waals surface area contributed by atoms with Crippen molar-refractivity contribution >= 4 is 17.3 Å². The van der Waals surface area contributed by atoms with Crippen molar-refractivity contribution in [3.8, 4) is 5.75 Å². The molecule has 3 rings (SSSR count). The highest BCUT2D eigenvalue weighted by Crippen LogP contribution is 2.33. The summed E-state index contributed by atoms with van der Waals surface area (Å²) < 4.78 is 0. The highest BCUT2D eigenvalue weighted by molar-refractivity contribution is 7.80. The van der Waals surface area contributed by atoms with E-state index in [4.69, 9.17) is 12.2 Å². The van der Waals surface area contributed by atoms with Crippen LogP contribution in [0.25, 0.3) is 0 Å². The van der Waals surface area contributed by atoms with Gasteiger partial charge in [0.1, 0.15) is 11.9 Å². The molecule has 0 saturated carbocycles. The van der Waals surface area contributed by atoms with Crippen LogP contribution >= 0.6 is 12.2 Å². The van der Waals surface area contributed by atoms with Crippen molar-refractivity contribution in [3.05, 3.63) is 29.8 Å². The first kappa shape index (κ1) is 10.8. The smallest absolute Gasteiger partial charge is 0.185 e. The Morgan fingerprint density at radius 2 is 2.00 bits per heavy atom. The average Bonchev–Trinajstić information content (AvgIpc) is 2.68. The summed E-state index contributed by atoms with van der Waals surface area (Å²) in [7, 11) is 0. The Balaban J connectivity index is 1.94. The van der Waals surface area contributed by atoms with Gasteiger partial charge in [-0.3, -0.25) is 5.01 Å². The normalized spacial score (nSPS) is 24.6. The lowest BCUT2D eigenvalue weighted by molar-refractivity contribution is 0.00273. The predicted molar refractivity (Wildman–Crippen MR) is 69.2 cm³/mol. The van der Waals surface area contributed by atoms with E-state index in [1.165, 1.54) is 12.8 Å². The van der Waals surface area contributed by atoms with E-state index in [1.807, 2.05) is 18.2 Å². The summed E-state index contributed by atoms with van der Waals surface area (Å²) in [6, 6.07) is 7.42. The molecule has 0 radical (unpaired) electrons. The summed E-state index contributed by atoms with van der Waals surface area (Å²) in [4.78, 5) is 0. The Kier molecular flexibility index (Phi) is 2.64. The number of benzene rings is 1. The van der Waals surface area contributed by atoms with Crippen LogP contribution in [0.2, 0.25) is 0 Å². The highest BCUT2D eigenvalue weighted by atomic mass is 32.1. The zero-order chi connectivity index (χ0) is 11.8. The molecule has 17 heavy (non-hydrogen) atoms. The number of phenols is 1. The van der Waals surface area contributed by atoms with E-state index >= 15 is 0 Å². The van der Waals surface area contributed by atoms with E-state index in [0.717, 1.165) is 23.8 Å². The van der Waals surface area contributed by atoms with Gasteiger partial charge >= 0.3 is 0 Å². The molecule has 2 aliphatic heterocycles. The van der Waals surface area contributed by atoms with Gasteiger partial charge in [-0.25, -0.2) is 0 Å². The van der Waals surface area contributed by atoms with Crippen LogP contribution in [0.5, 0.6) is 5.75 Å². The quantitative estimate of drug-likeness (QED) is 0.740. The molecule has 2 heterocycles. The van der Waals surface area contributed by atoms with Gasteiger partial charge in [0.25, 0.3) is 0 Å². The third kappa shape index (κ3) is 1.75. The molecule has 2 saturated heterocycles. The second-order valence-electron chi connectivity index (χ2n) is 4.40. The largest absolute Gasteiger partial charge is 0.508 e. The lowest BCUT2D eigenvalue weighted by atomic mass is 10.1. The lowest BCUT2D eigenvalue weighted by Gasteiger charge is -2.35. The number of hydrazine groups is 1. The number of aromatic hydroxyl groups is 1. The first-order valence-electron chi connectivity index (χ1n) is 5.90. The van der Waals surface area contributed by atoms with Gasteiger partial charge in [-0.15, -0.1) is 0 Å². The Morgan fingerprint density at radius 3 is 2.82 bits per heavy atom. The van der Waals surface area contributed by atoms with Crippen molar-refractivity contribution < 1.29 is 5.11 Å². The molecule has 2 fully saturated rings. The highest BCUT2D eigenvalue weighted by Gasteiger charge is 2.37. The summed E-state index contributed by atoms with van der Waals surface area (Å²) in [6.07, 6.45) is 2.32. The van der Waals surface area contributed by atoms with Crippen LogP contribution in [0, 0.1) is 0 Å². The predicted octanol–water partition coefficient (Wildman–Crippen LogP) is 1.59. The van der Waals surface area contributed by atoms with Gasteiger partial charge in [0.2, 0.25) is 0 Å².